The Labute approximate surface area is 109 Å². The third kappa shape index (κ3) is 1.91. The third-order valence-corrected chi connectivity index (χ3v) is 3.20. The van der Waals surface area contributed by atoms with Crippen molar-refractivity contribution in [3.8, 4) is 16.9 Å². The van der Waals surface area contributed by atoms with Crippen LogP contribution in [0.25, 0.3) is 22.0 Å². The molecule has 2 nitrogen and oxygen atoms in total. The van der Waals surface area contributed by atoms with Crippen molar-refractivity contribution >= 4 is 22.5 Å². The second kappa shape index (κ2) is 4.31. The summed E-state index contributed by atoms with van der Waals surface area (Å²) < 4.78 is 0. The van der Waals surface area contributed by atoms with E-state index in [1.54, 1.807) is 18.3 Å². The smallest absolute Gasteiger partial charge is 0.134 e. The van der Waals surface area contributed by atoms with Crippen LogP contribution in [-0.4, -0.2) is 10.1 Å². The summed E-state index contributed by atoms with van der Waals surface area (Å²) in [6.45, 7) is 0. The van der Waals surface area contributed by atoms with E-state index in [0.29, 0.717) is 5.02 Å². The second-order valence-electron chi connectivity index (χ2n) is 4.08. The monoisotopic (exact) mass is 255 g/mol. The molecule has 0 bridgehead atoms. The maximum atomic E-state index is 9.63. The zero-order valence-corrected chi connectivity index (χ0v) is 10.2. The van der Waals surface area contributed by atoms with Crippen LogP contribution in [0.3, 0.4) is 0 Å². The summed E-state index contributed by atoms with van der Waals surface area (Å²) in [4.78, 5) is 4.28. The molecule has 0 spiro atoms. The Bertz CT molecular complexity index is 725. The average Bonchev–Trinajstić information content (AvgIpc) is 2.41. The van der Waals surface area contributed by atoms with Crippen molar-refractivity contribution in [2.75, 3.05) is 0 Å². The van der Waals surface area contributed by atoms with Gasteiger partial charge >= 0.3 is 0 Å². The molecule has 0 aliphatic carbocycles. The SMILES string of the molecule is Oc1cc(-c2ccc3ncccc3c2)ccc1Cl. The lowest BCUT2D eigenvalue weighted by Gasteiger charge is -2.05. The van der Waals surface area contributed by atoms with Gasteiger partial charge in [0.05, 0.1) is 10.5 Å². The Morgan fingerprint density at radius 3 is 2.56 bits per heavy atom. The van der Waals surface area contributed by atoms with Gasteiger partial charge in [0.1, 0.15) is 5.75 Å². The van der Waals surface area contributed by atoms with E-state index < -0.39 is 0 Å². The van der Waals surface area contributed by atoms with Gasteiger partial charge in [-0.2, -0.15) is 0 Å². The van der Waals surface area contributed by atoms with Gasteiger partial charge in [-0.15, -0.1) is 0 Å². The molecule has 88 valence electrons. The van der Waals surface area contributed by atoms with Gasteiger partial charge in [0.25, 0.3) is 0 Å². The number of pyridine rings is 1. The van der Waals surface area contributed by atoms with Crippen molar-refractivity contribution in [1.82, 2.24) is 4.98 Å². The van der Waals surface area contributed by atoms with Crippen molar-refractivity contribution in [3.63, 3.8) is 0 Å². The molecule has 0 saturated heterocycles. The highest BCUT2D eigenvalue weighted by Gasteiger charge is 2.03. The van der Waals surface area contributed by atoms with Gasteiger partial charge in [0, 0.05) is 11.6 Å². The minimum Gasteiger partial charge on any atom is -0.506 e. The van der Waals surface area contributed by atoms with E-state index >= 15 is 0 Å². The van der Waals surface area contributed by atoms with Gasteiger partial charge in [0.2, 0.25) is 0 Å². The zero-order chi connectivity index (χ0) is 12.5. The van der Waals surface area contributed by atoms with E-state index in [1.807, 2.05) is 36.4 Å². The number of rotatable bonds is 1. The van der Waals surface area contributed by atoms with Crippen LogP contribution >= 0.6 is 11.6 Å². The highest BCUT2D eigenvalue weighted by Crippen LogP contribution is 2.30. The summed E-state index contributed by atoms with van der Waals surface area (Å²) in [5, 5.41) is 11.1. The maximum absolute atomic E-state index is 9.63. The fourth-order valence-corrected chi connectivity index (χ4v) is 2.06. The fourth-order valence-electron chi connectivity index (χ4n) is 1.95. The molecule has 3 heteroatoms. The van der Waals surface area contributed by atoms with E-state index in [2.05, 4.69) is 4.98 Å². The van der Waals surface area contributed by atoms with Crippen LogP contribution in [0.5, 0.6) is 5.75 Å². The lowest BCUT2D eigenvalue weighted by Crippen LogP contribution is -1.81. The van der Waals surface area contributed by atoms with Gasteiger partial charge in [-0.05, 0) is 41.5 Å². The highest BCUT2D eigenvalue weighted by molar-refractivity contribution is 6.32. The first-order chi connectivity index (χ1) is 8.74. The van der Waals surface area contributed by atoms with Crippen LogP contribution < -0.4 is 0 Å². The number of fused-ring (bicyclic) bond motifs is 1. The summed E-state index contributed by atoms with van der Waals surface area (Å²) in [5.74, 6) is 0.0976. The minimum absolute atomic E-state index is 0.0976. The van der Waals surface area contributed by atoms with Gasteiger partial charge in [-0.25, -0.2) is 0 Å². The van der Waals surface area contributed by atoms with Crippen molar-refractivity contribution in [1.29, 1.82) is 0 Å². The van der Waals surface area contributed by atoms with Gasteiger partial charge in [-0.1, -0.05) is 29.8 Å². The van der Waals surface area contributed by atoms with E-state index in [9.17, 15) is 5.11 Å². The Kier molecular flexibility index (Phi) is 2.65. The zero-order valence-electron chi connectivity index (χ0n) is 9.47. The normalized spacial score (nSPS) is 10.7. The molecule has 2 aromatic carbocycles. The molecule has 1 N–H and O–H groups in total. The molecule has 0 amide bonds. The number of phenolic OH excluding ortho intramolecular Hbond substituents is 1. The number of aromatic nitrogens is 1. The number of hydrogen-bond donors (Lipinski definition) is 1. The number of hydrogen-bond acceptors (Lipinski definition) is 2. The van der Waals surface area contributed by atoms with Gasteiger partial charge in [0.15, 0.2) is 0 Å². The Morgan fingerprint density at radius 1 is 0.944 bits per heavy atom. The van der Waals surface area contributed by atoms with Crippen molar-refractivity contribution in [2.24, 2.45) is 0 Å². The summed E-state index contributed by atoms with van der Waals surface area (Å²) >= 11 is 5.80. The average molecular weight is 256 g/mol. The highest BCUT2D eigenvalue weighted by atomic mass is 35.5. The predicted molar refractivity (Wildman–Crippen MR) is 73.9 cm³/mol. The molecule has 3 aromatic rings. The van der Waals surface area contributed by atoms with Crippen LogP contribution in [0.2, 0.25) is 5.02 Å². The molecular formula is C15H10ClNO. The standard InChI is InChI=1S/C15H10ClNO/c16-13-5-3-11(9-15(13)18)10-4-6-14-12(8-10)2-1-7-17-14/h1-9,18H. The van der Waals surface area contributed by atoms with E-state index in [0.717, 1.165) is 22.0 Å². The Morgan fingerprint density at radius 2 is 1.72 bits per heavy atom. The van der Waals surface area contributed by atoms with Gasteiger partial charge < -0.3 is 5.11 Å². The summed E-state index contributed by atoms with van der Waals surface area (Å²) in [6, 6.07) is 15.2. The Balaban J connectivity index is 2.16. The number of halogens is 1. The predicted octanol–water partition coefficient (Wildman–Crippen LogP) is 4.26. The molecule has 0 saturated carbocycles. The van der Waals surface area contributed by atoms with Crippen molar-refractivity contribution in [3.05, 3.63) is 59.8 Å². The van der Waals surface area contributed by atoms with Crippen LogP contribution in [0.4, 0.5) is 0 Å². The van der Waals surface area contributed by atoms with Gasteiger partial charge in [-0.3, -0.25) is 4.98 Å². The molecule has 0 unspecified atom stereocenters. The van der Waals surface area contributed by atoms with E-state index in [-0.39, 0.29) is 5.75 Å². The van der Waals surface area contributed by atoms with Crippen molar-refractivity contribution < 1.29 is 5.11 Å². The molecule has 1 heterocycles. The van der Waals surface area contributed by atoms with E-state index in [4.69, 9.17) is 11.6 Å². The second-order valence-corrected chi connectivity index (χ2v) is 4.48. The quantitative estimate of drug-likeness (QED) is 0.705. The van der Waals surface area contributed by atoms with Crippen LogP contribution in [0.15, 0.2) is 54.7 Å². The van der Waals surface area contributed by atoms with Crippen molar-refractivity contribution in [2.45, 2.75) is 0 Å². The lowest BCUT2D eigenvalue weighted by molar-refractivity contribution is 0.476. The topological polar surface area (TPSA) is 33.1 Å². The largest absolute Gasteiger partial charge is 0.506 e. The number of aromatic hydroxyl groups is 1. The molecular weight excluding hydrogens is 246 g/mol. The molecule has 0 atom stereocenters. The molecule has 18 heavy (non-hydrogen) atoms. The first-order valence-electron chi connectivity index (χ1n) is 5.58. The molecule has 0 aliphatic heterocycles. The van der Waals surface area contributed by atoms with E-state index in [1.165, 1.54) is 0 Å². The van der Waals surface area contributed by atoms with Crippen LogP contribution in [0, 0.1) is 0 Å². The lowest BCUT2D eigenvalue weighted by atomic mass is 10.0. The minimum atomic E-state index is 0.0976. The first kappa shape index (κ1) is 11.1. The number of nitrogens with zero attached hydrogens (tertiary/aromatic N) is 1. The first-order valence-corrected chi connectivity index (χ1v) is 5.95. The molecule has 1 aromatic heterocycles. The Hall–Kier alpha value is -2.06. The van der Waals surface area contributed by atoms with Crippen LogP contribution in [-0.2, 0) is 0 Å². The fraction of sp³-hybridized carbons (Fsp3) is 0. The van der Waals surface area contributed by atoms with Crippen LogP contribution in [0.1, 0.15) is 0 Å². The molecule has 3 rings (SSSR count). The molecule has 0 fully saturated rings. The summed E-state index contributed by atoms with van der Waals surface area (Å²) in [7, 11) is 0. The maximum Gasteiger partial charge on any atom is 0.134 e. The summed E-state index contributed by atoms with van der Waals surface area (Å²) in [6.07, 6.45) is 1.77. The molecule has 0 aliphatic rings. The molecule has 0 radical (unpaired) electrons. The summed E-state index contributed by atoms with van der Waals surface area (Å²) in [5.41, 5.74) is 2.92. The number of benzene rings is 2. The number of phenols is 1. The third-order valence-electron chi connectivity index (χ3n) is 2.88.